The zero-order chi connectivity index (χ0) is 52.7. The highest BCUT2D eigenvalue weighted by Gasteiger charge is 2.27. The van der Waals surface area contributed by atoms with Gasteiger partial charge in [0.2, 0.25) is 5.91 Å². The number of aliphatic hydroxyl groups excluding tert-OH is 1. The Bertz CT molecular complexity index is 1220. The Hall–Kier alpha value is -1.02. The summed E-state index contributed by atoms with van der Waals surface area (Å²) in [7, 11) is 1.57. The van der Waals surface area contributed by atoms with Crippen LogP contribution < -0.4 is 5.32 Å². The van der Waals surface area contributed by atoms with Crippen LogP contribution in [-0.2, 0) is 18.4 Å². The molecule has 3 unspecified atom stereocenters. The molecule has 0 aromatic rings. The lowest BCUT2D eigenvalue weighted by molar-refractivity contribution is -0.870. The molecule has 0 aliphatic rings. The minimum absolute atomic E-state index is 0.0585. The Labute approximate surface area is 449 Å². The summed E-state index contributed by atoms with van der Waals surface area (Å²) in [5.41, 5.74) is 0. The van der Waals surface area contributed by atoms with E-state index in [2.05, 4.69) is 31.3 Å². The summed E-state index contributed by atoms with van der Waals surface area (Å²) in [5, 5.41) is 13.9. The molecule has 0 heterocycles. The predicted molar refractivity (Wildman–Crippen MR) is 314 cm³/mol. The second kappa shape index (κ2) is 54.8. The molecule has 0 spiro atoms. The molecule has 0 aliphatic heterocycles. The first-order valence-electron chi connectivity index (χ1n) is 31.7. The van der Waals surface area contributed by atoms with E-state index in [0.717, 1.165) is 38.5 Å². The minimum atomic E-state index is -4.35. The summed E-state index contributed by atoms with van der Waals surface area (Å²) in [6.45, 7) is 4.82. The zero-order valence-electron chi connectivity index (χ0n) is 48.9. The maximum atomic E-state index is 13.0. The number of amides is 1. The monoisotopic (exact) mass is 1040 g/mol. The predicted octanol–water partition coefficient (Wildman–Crippen LogP) is 19.5. The quantitative estimate of drug-likeness (QED) is 0.0243. The van der Waals surface area contributed by atoms with Gasteiger partial charge in [-0.05, 0) is 32.1 Å². The van der Waals surface area contributed by atoms with Crippen LogP contribution >= 0.6 is 7.82 Å². The highest BCUT2D eigenvalue weighted by molar-refractivity contribution is 7.47. The molecule has 428 valence electrons. The molecule has 0 radical (unpaired) electrons. The Kier molecular flexibility index (Phi) is 54.0. The van der Waals surface area contributed by atoms with E-state index >= 15 is 0 Å². The van der Waals surface area contributed by atoms with Crippen molar-refractivity contribution >= 4 is 13.7 Å². The van der Waals surface area contributed by atoms with Crippen molar-refractivity contribution in [3.05, 3.63) is 24.3 Å². The van der Waals surface area contributed by atoms with E-state index in [-0.39, 0.29) is 19.1 Å². The normalized spacial score (nSPS) is 13.9. The molecule has 0 fully saturated rings. The van der Waals surface area contributed by atoms with Crippen molar-refractivity contribution in [3.63, 3.8) is 0 Å². The Morgan fingerprint density at radius 2 is 0.764 bits per heavy atom. The zero-order valence-corrected chi connectivity index (χ0v) is 49.8. The first-order chi connectivity index (χ1) is 35.0. The lowest BCUT2D eigenvalue weighted by atomic mass is 10.0. The summed E-state index contributed by atoms with van der Waals surface area (Å²) < 4.78 is 23.7. The molecule has 0 rings (SSSR count). The summed E-state index contributed by atoms with van der Waals surface area (Å²) in [5.74, 6) is -0.181. The SMILES string of the molecule is CCCCCCCCC/C=C/CC/C=C/C(O)C(COP(=O)(O)OCC[N+](C)(C)C)NC(=O)CCCCCCCCCCCCCCCCCCCCCCCCCCCCCCCCCCCCCCC. The molecule has 0 saturated carbocycles. The highest BCUT2D eigenvalue weighted by atomic mass is 31.2. The fourth-order valence-corrected chi connectivity index (χ4v) is 10.4. The van der Waals surface area contributed by atoms with Crippen molar-refractivity contribution in [3.8, 4) is 0 Å². The van der Waals surface area contributed by atoms with Crippen molar-refractivity contribution in [2.24, 2.45) is 0 Å². The van der Waals surface area contributed by atoms with Crippen molar-refractivity contribution < 1.29 is 32.9 Å². The molecule has 3 N–H and O–H groups in total. The molecular formula is C63H126N2O6P+. The van der Waals surface area contributed by atoms with Crippen molar-refractivity contribution in [2.75, 3.05) is 40.9 Å². The molecular weight excluding hydrogens is 912 g/mol. The van der Waals surface area contributed by atoms with Crippen LogP contribution in [0.2, 0.25) is 0 Å². The molecule has 1 amide bonds. The van der Waals surface area contributed by atoms with Crippen LogP contribution in [0.25, 0.3) is 0 Å². The molecule has 0 aromatic heterocycles. The van der Waals surface area contributed by atoms with Gasteiger partial charge >= 0.3 is 7.82 Å². The molecule has 0 bridgehead atoms. The van der Waals surface area contributed by atoms with E-state index in [1.165, 1.54) is 263 Å². The Balaban J connectivity index is 3.88. The van der Waals surface area contributed by atoms with Crippen LogP contribution in [0.15, 0.2) is 24.3 Å². The number of likely N-dealkylation sites (N-methyl/N-ethyl adjacent to an activating group) is 1. The molecule has 3 atom stereocenters. The third kappa shape index (κ3) is 56.7. The van der Waals surface area contributed by atoms with E-state index in [4.69, 9.17) is 9.05 Å². The fourth-order valence-electron chi connectivity index (χ4n) is 9.71. The van der Waals surface area contributed by atoms with Gasteiger partial charge in [0, 0.05) is 6.42 Å². The number of phosphoric acid groups is 1. The number of phosphoric ester groups is 1. The average Bonchev–Trinajstić information content (AvgIpc) is 3.34. The topological polar surface area (TPSA) is 105 Å². The van der Waals surface area contributed by atoms with E-state index < -0.39 is 20.0 Å². The summed E-state index contributed by atoms with van der Waals surface area (Å²) >= 11 is 0. The minimum Gasteiger partial charge on any atom is -0.387 e. The number of nitrogens with zero attached hydrogens (tertiary/aromatic N) is 1. The number of hydrogen-bond acceptors (Lipinski definition) is 5. The van der Waals surface area contributed by atoms with Crippen LogP contribution in [0.5, 0.6) is 0 Å². The maximum Gasteiger partial charge on any atom is 0.472 e. The second-order valence-corrected chi connectivity index (χ2v) is 24.6. The number of quaternary nitrogens is 1. The van der Waals surface area contributed by atoms with E-state index in [0.29, 0.717) is 17.4 Å². The van der Waals surface area contributed by atoms with Gasteiger partial charge in [-0.2, -0.15) is 0 Å². The fraction of sp³-hybridized carbons (Fsp3) is 0.921. The summed E-state index contributed by atoms with van der Waals surface area (Å²) in [6, 6.07) is -0.859. The van der Waals surface area contributed by atoms with Gasteiger partial charge in [-0.15, -0.1) is 0 Å². The number of hydrogen-bond donors (Lipinski definition) is 3. The molecule has 8 nitrogen and oxygen atoms in total. The first kappa shape index (κ1) is 71.0. The lowest BCUT2D eigenvalue weighted by Crippen LogP contribution is -2.45. The third-order valence-electron chi connectivity index (χ3n) is 14.7. The van der Waals surface area contributed by atoms with E-state index in [1.807, 2.05) is 27.2 Å². The van der Waals surface area contributed by atoms with Crippen LogP contribution in [0, 0.1) is 0 Å². The smallest absolute Gasteiger partial charge is 0.387 e. The van der Waals surface area contributed by atoms with Gasteiger partial charge in [-0.1, -0.05) is 308 Å². The van der Waals surface area contributed by atoms with Gasteiger partial charge in [-0.3, -0.25) is 13.8 Å². The maximum absolute atomic E-state index is 13.0. The molecule has 0 saturated heterocycles. The molecule has 0 aliphatic carbocycles. The van der Waals surface area contributed by atoms with Crippen molar-refractivity contribution in [1.82, 2.24) is 5.32 Å². The third-order valence-corrected chi connectivity index (χ3v) is 15.7. The number of unbranched alkanes of at least 4 members (excludes halogenated alkanes) is 44. The molecule has 9 heteroatoms. The first-order valence-corrected chi connectivity index (χ1v) is 33.2. The summed E-state index contributed by atoms with van der Waals surface area (Å²) in [6.07, 6.45) is 70.5. The van der Waals surface area contributed by atoms with Gasteiger partial charge < -0.3 is 19.8 Å². The van der Waals surface area contributed by atoms with E-state index in [9.17, 15) is 19.4 Å². The van der Waals surface area contributed by atoms with Gasteiger partial charge in [0.05, 0.1) is 39.9 Å². The Morgan fingerprint density at radius 3 is 1.11 bits per heavy atom. The number of nitrogens with one attached hydrogen (secondary N) is 1. The van der Waals surface area contributed by atoms with E-state index in [1.54, 1.807) is 6.08 Å². The lowest BCUT2D eigenvalue weighted by Gasteiger charge is -2.25. The second-order valence-electron chi connectivity index (χ2n) is 23.1. The van der Waals surface area contributed by atoms with Gasteiger partial charge in [-0.25, -0.2) is 4.57 Å². The number of rotatable bonds is 59. The number of carbonyl (C=O) groups excluding carboxylic acids is 1. The molecule has 0 aromatic carbocycles. The standard InChI is InChI=1S/C63H125N2O6P/c1-6-8-10-12-14-16-18-20-21-22-23-24-25-26-27-28-29-30-31-32-33-34-35-36-37-38-39-40-41-42-43-45-47-49-51-53-55-57-63(67)64-61(60-71-72(68,69)70-59-58-65(3,4)5)62(66)56-54-52-50-48-46-44-19-17-15-13-11-9-7-2/h46,48,54,56,61-62,66H,6-45,47,49-53,55,57-60H2,1-5H3,(H-,64,67,68,69)/p+1/b48-46+,56-54+. The average molecular weight is 1040 g/mol. The number of carbonyl (C=O) groups is 1. The van der Waals surface area contributed by atoms with Crippen molar-refractivity contribution in [2.45, 2.75) is 334 Å². The van der Waals surface area contributed by atoms with Crippen LogP contribution in [0.4, 0.5) is 0 Å². The van der Waals surface area contributed by atoms with Gasteiger partial charge in [0.25, 0.3) is 0 Å². The van der Waals surface area contributed by atoms with Gasteiger partial charge in [0.15, 0.2) is 0 Å². The molecule has 72 heavy (non-hydrogen) atoms. The van der Waals surface area contributed by atoms with Crippen LogP contribution in [0.3, 0.4) is 0 Å². The van der Waals surface area contributed by atoms with Crippen LogP contribution in [0.1, 0.15) is 322 Å². The largest absolute Gasteiger partial charge is 0.472 e. The highest BCUT2D eigenvalue weighted by Crippen LogP contribution is 2.43. The van der Waals surface area contributed by atoms with Crippen molar-refractivity contribution in [1.29, 1.82) is 0 Å². The van der Waals surface area contributed by atoms with Gasteiger partial charge in [0.1, 0.15) is 13.2 Å². The Morgan fingerprint density at radius 1 is 0.458 bits per heavy atom. The van der Waals surface area contributed by atoms with Crippen LogP contribution in [-0.4, -0.2) is 73.4 Å². The number of aliphatic hydroxyl groups is 1. The number of allylic oxidation sites excluding steroid dienone is 3. The summed E-state index contributed by atoms with van der Waals surface area (Å²) in [4.78, 5) is 23.3.